The van der Waals surface area contributed by atoms with E-state index in [0.717, 1.165) is 103 Å². The zero-order valence-electron chi connectivity index (χ0n) is 42.9. The molecule has 66 heavy (non-hydrogen) atoms. The molecule has 0 heterocycles. The van der Waals surface area contributed by atoms with E-state index in [2.05, 4.69) is 118 Å². The number of hydrogen-bond acceptors (Lipinski definition) is 6. The van der Waals surface area contributed by atoms with E-state index in [1.165, 1.54) is 96.3 Å². The maximum Gasteiger partial charge on any atom is 0.306 e. The van der Waals surface area contributed by atoms with Crippen molar-refractivity contribution in [3.05, 3.63) is 97.2 Å². The van der Waals surface area contributed by atoms with Gasteiger partial charge in [-0.2, -0.15) is 0 Å². The first-order valence-electron chi connectivity index (χ1n) is 27.2. The minimum atomic E-state index is -0.809. The van der Waals surface area contributed by atoms with Gasteiger partial charge in [0.05, 0.1) is 0 Å². The van der Waals surface area contributed by atoms with Crippen LogP contribution in [0.2, 0.25) is 0 Å². The second kappa shape index (κ2) is 53.9. The molecule has 1 unspecified atom stereocenters. The highest BCUT2D eigenvalue weighted by Gasteiger charge is 2.19. The first kappa shape index (κ1) is 62.3. The van der Waals surface area contributed by atoms with Gasteiger partial charge in [-0.15, -0.1) is 0 Å². The normalized spacial score (nSPS) is 12.8. The molecule has 1 atom stereocenters. The Morgan fingerprint density at radius 3 is 1.03 bits per heavy atom. The van der Waals surface area contributed by atoms with Gasteiger partial charge in [0.2, 0.25) is 0 Å². The minimum absolute atomic E-state index is 0.103. The van der Waals surface area contributed by atoms with Gasteiger partial charge in [0.1, 0.15) is 13.2 Å². The monoisotopic (exact) mass is 917 g/mol. The summed E-state index contributed by atoms with van der Waals surface area (Å²) in [5.41, 5.74) is 0. The van der Waals surface area contributed by atoms with Crippen LogP contribution in [0.4, 0.5) is 0 Å². The molecule has 0 rings (SSSR count). The Balaban J connectivity index is 4.51. The minimum Gasteiger partial charge on any atom is -0.462 e. The smallest absolute Gasteiger partial charge is 0.306 e. The topological polar surface area (TPSA) is 78.9 Å². The van der Waals surface area contributed by atoms with Crippen molar-refractivity contribution in [1.82, 2.24) is 0 Å². The molecule has 0 bridgehead atoms. The number of unbranched alkanes of at least 4 members (excludes halogenated alkanes) is 21. The SMILES string of the molecule is CC/C=C\C/C=C\C/C=C\C/C=C\C/C=C\CCCC(=O)OCC(COC(=O)CCCCCCC/C=C\CCCCCCC)OC(=O)CCCCCCCCC/C=C\C/C=C\CCCCC. The van der Waals surface area contributed by atoms with Crippen LogP contribution in [0, 0.1) is 0 Å². The number of carbonyl (C=O) groups excluding carboxylic acids is 3. The second-order valence-corrected chi connectivity index (χ2v) is 17.7. The van der Waals surface area contributed by atoms with Crippen LogP contribution in [0.15, 0.2) is 97.2 Å². The Labute approximate surface area is 407 Å². The Bertz CT molecular complexity index is 1330. The average Bonchev–Trinajstić information content (AvgIpc) is 3.31. The molecule has 0 aliphatic heterocycles. The lowest BCUT2D eigenvalue weighted by Gasteiger charge is -2.18. The number of hydrogen-bond donors (Lipinski definition) is 0. The van der Waals surface area contributed by atoms with Crippen LogP contribution in [0.3, 0.4) is 0 Å². The van der Waals surface area contributed by atoms with Gasteiger partial charge >= 0.3 is 17.9 Å². The summed E-state index contributed by atoms with van der Waals surface area (Å²) in [6, 6.07) is 0. The van der Waals surface area contributed by atoms with E-state index < -0.39 is 6.10 Å². The van der Waals surface area contributed by atoms with Crippen LogP contribution in [0.5, 0.6) is 0 Å². The van der Waals surface area contributed by atoms with Crippen LogP contribution < -0.4 is 0 Å². The van der Waals surface area contributed by atoms with Gasteiger partial charge in [0, 0.05) is 19.3 Å². The molecule has 0 aliphatic rings. The van der Waals surface area contributed by atoms with E-state index in [1.807, 2.05) is 0 Å². The molecule has 0 radical (unpaired) electrons. The predicted molar refractivity (Wildman–Crippen MR) is 284 cm³/mol. The van der Waals surface area contributed by atoms with Crippen molar-refractivity contribution in [2.45, 2.75) is 252 Å². The van der Waals surface area contributed by atoms with Gasteiger partial charge in [0.15, 0.2) is 6.10 Å². The molecule has 0 aliphatic carbocycles. The molecule has 0 saturated carbocycles. The van der Waals surface area contributed by atoms with E-state index in [4.69, 9.17) is 14.2 Å². The average molecular weight is 917 g/mol. The standard InChI is InChI=1S/C60H100O6/c1-4-7-10-13-16-19-22-25-28-30-32-35-38-41-44-47-50-53-59(62)65-56-57(55-64-58(61)52-49-46-43-40-37-34-27-24-21-18-15-12-9-6-3)66-60(63)54-51-48-45-42-39-36-33-31-29-26-23-20-17-14-11-8-5-2/h7,10,16-17,19-20,24-29,32,35,41,44,57H,4-6,8-9,11-15,18,21-23,30-31,33-34,36-40,42-43,45-56H2,1-3H3/b10-7-,19-16-,20-17-,27-24-,28-25-,29-26-,35-32-,44-41-. The number of ether oxygens (including phenoxy) is 3. The summed E-state index contributed by atoms with van der Waals surface area (Å²) in [6.07, 6.45) is 71.1. The Hall–Kier alpha value is -3.67. The fourth-order valence-electron chi connectivity index (χ4n) is 7.21. The third-order valence-corrected chi connectivity index (χ3v) is 11.3. The van der Waals surface area contributed by atoms with Gasteiger partial charge in [-0.1, -0.05) is 208 Å². The van der Waals surface area contributed by atoms with Crippen LogP contribution in [-0.2, 0) is 28.6 Å². The molecular weight excluding hydrogens is 817 g/mol. The number of carbonyl (C=O) groups is 3. The quantitative estimate of drug-likeness (QED) is 0.0262. The molecule has 6 heteroatoms. The molecule has 0 N–H and O–H groups in total. The van der Waals surface area contributed by atoms with E-state index in [9.17, 15) is 14.4 Å². The molecule has 0 fully saturated rings. The first-order valence-corrected chi connectivity index (χ1v) is 27.2. The lowest BCUT2D eigenvalue weighted by Crippen LogP contribution is -2.30. The van der Waals surface area contributed by atoms with Crippen LogP contribution in [0.1, 0.15) is 245 Å². The molecule has 0 amide bonds. The molecule has 0 spiro atoms. The summed E-state index contributed by atoms with van der Waals surface area (Å²) < 4.78 is 16.8. The fraction of sp³-hybridized carbons (Fsp3) is 0.683. The lowest BCUT2D eigenvalue weighted by atomic mass is 10.1. The molecule has 376 valence electrons. The highest BCUT2D eigenvalue weighted by Crippen LogP contribution is 2.14. The molecule has 6 nitrogen and oxygen atoms in total. The third kappa shape index (κ3) is 51.3. The summed E-state index contributed by atoms with van der Waals surface area (Å²) in [7, 11) is 0. The van der Waals surface area contributed by atoms with E-state index in [-0.39, 0.29) is 37.5 Å². The fourth-order valence-corrected chi connectivity index (χ4v) is 7.21. The number of esters is 3. The van der Waals surface area contributed by atoms with E-state index in [0.29, 0.717) is 19.3 Å². The lowest BCUT2D eigenvalue weighted by molar-refractivity contribution is -0.167. The van der Waals surface area contributed by atoms with E-state index in [1.54, 1.807) is 0 Å². The number of rotatable bonds is 48. The van der Waals surface area contributed by atoms with Gasteiger partial charge in [-0.3, -0.25) is 14.4 Å². The first-order chi connectivity index (χ1) is 32.5. The molecule has 0 aromatic rings. The summed E-state index contributed by atoms with van der Waals surface area (Å²) in [5.74, 6) is -0.980. The summed E-state index contributed by atoms with van der Waals surface area (Å²) in [6.45, 7) is 6.43. The zero-order valence-corrected chi connectivity index (χ0v) is 42.9. The van der Waals surface area contributed by atoms with Crippen LogP contribution in [-0.4, -0.2) is 37.2 Å². The van der Waals surface area contributed by atoms with Crippen molar-refractivity contribution in [2.75, 3.05) is 13.2 Å². The highest BCUT2D eigenvalue weighted by atomic mass is 16.6. The largest absolute Gasteiger partial charge is 0.462 e. The van der Waals surface area contributed by atoms with Crippen molar-refractivity contribution in [3.8, 4) is 0 Å². The Kier molecular flexibility index (Phi) is 50.9. The third-order valence-electron chi connectivity index (χ3n) is 11.3. The molecule has 0 aromatic heterocycles. The predicted octanol–water partition coefficient (Wildman–Crippen LogP) is 18.1. The van der Waals surface area contributed by atoms with Gasteiger partial charge in [-0.25, -0.2) is 0 Å². The molecule has 0 aromatic carbocycles. The maximum atomic E-state index is 12.8. The van der Waals surface area contributed by atoms with E-state index >= 15 is 0 Å². The van der Waals surface area contributed by atoms with Crippen molar-refractivity contribution in [2.24, 2.45) is 0 Å². The maximum absolute atomic E-state index is 12.8. The number of allylic oxidation sites excluding steroid dienone is 16. The second-order valence-electron chi connectivity index (χ2n) is 17.7. The highest BCUT2D eigenvalue weighted by molar-refractivity contribution is 5.71. The summed E-state index contributed by atoms with van der Waals surface area (Å²) in [4.78, 5) is 38.1. The van der Waals surface area contributed by atoms with Crippen LogP contribution >= 0.6 is 0 Å². The Morgan fingerprint density at radius 2 is 0.606 bits per heavy atom. The summed E-state index contributed by atoms with van der Waals surface area (Å²) >= 11 is 0. The molecule has 0 saturated heterocycles. The van der Waals surface area contributed by atoms with Crippen molar-refractivity contribution in [1.29, 1.82) is 0 Å². The van der Waals surface area contributed by atoms with Crippen molar-refractivity contribution in [3.63, 3.8) is 0 Å². The van der Waals surface area contributed by atoms with Crippen LogP contribution in [0.25, 0.3) is 0 Å². The van der Waals surface area contributed by atoms with Gasteiger partial charge in [0.25, 0.3) is 0 Å². The van der Waals surface area contributed by atoms with Gasteiger partial charge < -0.3 is 14.2 Å². The Morgan fingerprint density at radius 1 is 0.318 bits per heavy atom. The van der Waals surface area contributed by atoms with Crippen molar-refractivity contribution >= 4 is 17.9 Å². The summed E-state index contributed by atoms with van der Waals surface area (Å²) in [5, 5.41) is 0. The molecular formula is C60H100O6. The van der Waals surface area contributed by atoms with Crippen molar-refractivity contribution < 1.29 is 28.6 Å². The van der Waals surface area contributed by atoms with Gasteiger partial charge in [-0.05, 0) is 116 Å². The zero-order chi connectivity index (χ0) is 47.9.